The van der Waals surface area contributed by atoms with Gasteiger partial charge in [0.15, 0.2) is 0 Å². The molecule has 0 unspecified atom stereocenters. The summed E-state index contributed by atoms with van der Waals surface area (Å²) in [4.78, 5) is 30.8. The number of fused-ring (bicyclic) bond motifs is 1. The van der Waals surface area contributed by atoms with Crippen molar-refractivity contribution < 1.29 is 19.1 Å². The van der Waals surface area contributed by atoms with Gasteiger partial charge >= 0.3 is 5.97 Å². The highest BCUT2D eigenvalue weighted by Crippen LogP contribution is 2.38. The van der Waals surface area contributed by atoms with E-state index in [1.807, 2.05) is 12.1 Å². The number of nitrogen functional groups attached to an aromatic ring is 1. The van der Waals surface area contributed by atoms with Crippen LogP contribution in [0.3, 0.4) is 0 Å². The van der Waals surface area contributed by atoms with Crippen LogP contribution in [0.4, 0.5) is 11.4 Å². The molecule has 1 amide bonds. The molecule has 0 radical (unpaired) electrons. The minimum Gasteiger partial charge on any atom is -0.481 e. The third kappa shape index (κ3) is 4.36. The van der Waals surface area contributed by atoms with Crippen molar-refractivity contribution in [1.29, 1.82) is 0 Å². The van der Waals surface area contributed by atoms with Crippen molar-refractivity contribution in [2.24, 2.45) is 5.92 Å². The number of anilines is 2. The Bertz CT molecular complexity index is 966. The molecule has 2 heterocycles. The van der Waals surface area contributed by atoms with Gasteiger partial charge in [-0.25, -0.2) is 4.98 Å². The number of esters is 1. The second-order valence-corrected chi connectivity index (χ2v) is 8.37. The molecule has 164 valence electrons. The van der Waals surface area contributed by atoms with E-state index in [-0.39, 0.29) is 11.9 Å². The second kappa shape index (κ2) is 8.96. The van der Waals surface area contributed by atoms with Crippen molar-refractivity contribution in [2.45, 2.75) is 44.4 Å². The molecule has 1 aliphatic carbocycles. The van der Waals surface area contributed by atoms with Gasteiger partial charge in [0.05, 0.1) is 31.2 Å². The minimum atomic E-state index is -0.120. The molecular formula is C24H29N3O4. The first-order valence-corrected chi connectivity index (χ1v) is 10.8. The number of nitrogens with zero attached hydrogens (tertiary/aromatic N) is 2. The maximum atomic E-state index is 13.1. The minimum absolute atomic E-state index is 0.116. The summed E-state index contributed by atoms with van der Waals surface area (Å²) in [6.07, 6.45) is 5.37. The van der Waals surface area contributed by atoms with E-state index in [1.165, 1.54) is 19.8 Å². The van der Waals surface area contributed by atoms with Crippen LogP contribution in [0.5, 0.6) is 5.88 Å². The first-order valence-electron chi connectivity index (χ1n) is 10.8. The van der Waals surface area contributed by atoms with Crippen LogP contribution in [0.25, 0.3) is 0 Å². The molecule has 0 bridgehead atoms. The molecule has 0 atom stereocenters. The summed E-state index contributed by atoms with van der Waals surface area (Å²) in [6.45, 7) is 0.559. The van der Waals surface area contributed by atoms with Crippen molar-refractivity contribution in [3.05, 3.63) is 47.2 Å². The second-order valence-electron chi connectivity index (χ2n) is 8.37. The average molecular weight is 424 g/mol. The average Bonchev–Trinajstić information content (AvgIpc) is 2.79. The quantitative estimate of drug-likeness (QED) is 0.737. The van der Waals surface area contributed by atoms with E-state index < -0.39 is 0 Å². The Balaban J connectivity index is 1.43. The molecule has 1 fully saturated rings. The van der Waals surface area contributed by atoms with Crippen molar-refractivity contribution >= 4 is 23.3 Å². The Labute approximate surface area is 182 Å². The van der Waals surface area contributed by atoms with Gasteiger partial charge in [0.25, 0.3) is 5.91 Å². The molecule has 2 aromatic rings. The number of amides is 1. The number of hydrogen-bond acceptors (Lipinski definition) is 6. The standard InChI is InChI=1S/C24H29N3O4/c1-30-21-14-19(25)23-20(26-21)11-12-27(24(23)29)18-9-7-17(8-10-18)16-5-3-15(4-6-16)13-22(28)31-2/h7-10,14-16H,3-6,11-13H2,1-2H3,(H2,25,26). The van der Waals surface area contributed by atoms with Gasteiger partial charge in [0.1, 0.15) is 0 Å². The van der Waals surface area contributed by atoms with Gasteiger partial charge in [-0.15, -0.1) is 0 Å². The predicted octanol–water partition coefficient (Wildman–Crippen LogP) is 3.71. The summed E-state index contributed by atoms with van der Waals surface area (Å²) in [5.41, 5.74) is 9.85. The van der Waals surface area contributed by atoms with E-state index >= 15 is 0 Å². The van der Waals surface area contributed by atoms with Crippen LogP contribution in [-0.2, 0) is 16.0 Å². The van der Waals surface area contributed by atoms with Crippen molar-refractivity contribution in [3.8, 4) is 5.88 Å². The lowest BCUT2D eigenvalue weighted by molar-refractivity contribution is -0.142. The monoisotopic (exact) mass is 423 g/mol. The largest absolute Gasteiger partial charge is 0.481 e. The number of nitrogens with two attached hydrogens (primary N) is 1. The lowest BCUT2D eigenvalue weighted by atomic mass is 9.77. The number of benzene rings is 1. The fourth-order valence-electron chi connectivity index (χ4n) is 4.77. The zero-order valence-electron chi connectivity index (χ0n) is 18.1. The van der Waals surface area contributed by atoms with Crippen LogP contribution in [0, 0.1) is 5.92 Å². The molecule has 2 N–H and O–H groups in total. The van der Waals surface area contributed by atoms with Gasteiger partial charge in [-0.3, -0.25) is 9.59 Å². The normalized spacial score (nSPS) is 20.8. The van der Waals surface area contributed by atoms with E-state index in [0.29, 0.717) is 54.0 Å². The number of hydrogen-bond donors (Lipinski definition) is 1. The first-order chi connectivity index (χ1) is 15.0. The fraction of sp³-hybridized carbons (Fsp3) is 0.458. The van der Waals surface area contributed by atoms with Gasteiger partial charge in [-0.2, -0.15) is 0 Å². The van der Waals surface area contributed by atoms with Gasteiger partial charge in [-0.1, -0.05) is 12.1 Å². The number of pyridine rings is 1. The Hall–Kier alpha value is -3.09. The molecule has 1 aliphatic heterocycles. The number of aromatic nitrogens is 1. The fourth-order valence-corrected chi connectivity index (χ4v) is 4.77. The van der Waals surface area contributed by atoms with Crippen LogP contribution < -0.4 is 15.4 Å². The summed E-state index contributed by atoms with van der Waals surface area (Å²) in [6, 6.07) is 9.88. The van der Waals surface area contributed by atoms with Crippen molar-refractivity contribution in [3.63, 3.8) is 0 Å². The predicted molar refractivity (Wildman–Crippen MR) is 118 cm³/mol. The molecule has 0 saturated heterocycles. The molecule has 7 nitrogen and oxygen atoms in total. The number of ether oxygens (including phenoxy) is 2. The molecule has 4 rings (SSSR count). The molecular weight excluding hydrogens is 394 g/mol. The Morgan fingerprint density at radius 3 is 2.52 bits per heavy atom. The highest BCUT2D eigenvalue weighted by atomic mass is 16.5. The van der Waals surface area contributed by atoms with Gasteiger partial charge in [0.2, 0.25) is 5.88 Å². The first kappa shape index (κ1) is 21.2. The molecule has 1 aromatic carbocycles. The van der Waals surface area contributed by atoms with E-state index in [1.54, 1.807) is 11.0 Å². The number of rotatable bonds is 5. The molecule has 0 spiro atoms. The van der Waals surface area contributed by atoms with Gasteiger partial charge < -0.3 is 20.1 Å². The number of carbonyl (C=O) groups is 2. The molecule has 31 heavy (non-hydrogen) atoms. The van der Waals surface area contributed by atoms with Crippen molar-refractivity contribution in [2.75, 3.05) is 31.4 Å². The van der Waals surface area contributed by atoms with Crippen LogP contribution in [0.1, 0.15) is 59.6 Å². The molecule has 1 saturated carbocycles. The number of methoxy groups -OCH3 is 2. The Morgan fingerprint density at radius 2 is 1.87 bits per heavy atom. The van der Waals surface area contributed by atoms with E-state index in [4.69, 9.17) is 15.2 Å². The summed E-state index contributed by atoms with van der Waals surface area (Å²) in [5, 5.41) is 0. The lowest BCUT2D eigenvalue weighted by Crippen LogP contribution is -2.38. The number of carbonyl (C=O) groups excluding carboxylic acids is 2. The summed E-state index contributed by atoms with van der Waals surface area (Å²) < 4.78 is 9.97. The van der Waals surface area contributed by atoms with E-state index in [0.717, 1.165) is 31.4 Å². The third-order valence-electron chi connectivity index (χ3n) is 6.55. The van der Waals surface area contributed by atoms with Crippen LogP contribution >= 0.6 is 0 Å². The van der Waals surface area contributed by atoms with Crippen LogP contribution in [-0.4, -0.2) is 37.6 Å². The maximum Gasteiger partial charge on any atom is 0.305 e. The lowest BCUT2D eigenvalue weighted by Gasteiger charge is -2.30. The summed E-state index contributed by atoms with van der Waals surface area (Å²) in [5.74, 6) is 1.11. The Morgan fingerprint density at radius 1 is 1.16 bits per heavy atom. The SMILES string of the molecule is COC(=O)CC1CCC(c2ccc(N3CCc4nc(OC)cc(N)c4C3=O)cc2)CC1. The molecule has 7 heteroatoms. The van der Waals surface area contributed by atoms with Crippen LogP contribution in [0.2, 0.25) is 0 Å². The van der Waals surface area contributed by atoms with Crippen molar-refractivity contribution in [1.82, 2.24) is 4.98 Å². The van der Waals surface area contributed by atoms with Crippen LogP contribution in [0.15, 0.2) is 30.3 Å². The van der Waals surface area contributed by atoms with E-state index in [2.05, 4.69) is 17.1 Å². The highest BCUT2D eigenvalue weighted by Gasteiger charge is 2.30. The molecule has 2 aliphatic rings. The third-order valence-corrected chi connectivity index (χ3v) is 6.55. The summed E-state index contributed by atoms with van der Waals surface area (Å²) in [7, 11) is 2.99. The smallest absolute Gasteiger partial charge is 0.305 e. The molecule has 1 aromatic heterocycles. The topological polar surface area (TPSA) is 94.8 Å². The zero-order valence-corrected chi connectivity index (χ0v) is 18.1. The van der Waals surface area contributed by atoms with Gasteiger partial charge in [0, 0.05) is 31.1 Å². The van der Waals surface area contributed by atoms with E-state index in [9.17, 15) is 9.59 Å². The highest BCUT2D eigenvalue weighted by molar-refractivity contribution is 6.11. The Kier molecular flexibility index (Phi) is 6.11. The summed E-state index contributed by atoms with van der Waals surface area (Å²) >= 11 is 0. The maximum absolute atomic E-state index is 13.1. The zero-order chi connectivity index (χ0) is 22.0. The van der Waals surface area contributed by atoms with Gasteiger partial charge in [-0.05, 0) is 55.2 Å².